The van der Waals surface area contributed by atoms with Crippen LogP contribution in [0.15, 0.2) is 41.5 Å². The summed E-state index contributed by atoms with van der Waals surface area (Å²) in [5, 5.41) is 22.6. The molecule has 0 radical (unpaired) electrons. The van der Waals surface area contributed by atoms with Crippen molar-refractivity contribution < 1.29 is 4.39 Å². The second-order valence-corrected chi connectivity index (χ2v) is 8.20. The fourth-order valence-electron chi connectivity index (χ4n) is 4.41. The summed E-state index contributed by atoms with van der Waals surface area (Å²) in [5.74, 6) is -0.497. The number of H-pyrrole nitrogens is 1. The monoisotopic (exact) mass is 453 g/mol. The van der Waals surface area contributed by atoms with Crippen molar-refractivity contribution in [3.63, 3.8) is 0 Å². The van der Waals surface area contributed by atoms with Gasteiger partial charge < -0.3 is 5.73 Å². The summed E-state index contributed by atoms with van der Waals surface area (Å²) in [5.41, 5.74) is 9.78. The zero-order valence-corrected chi connectivity index (χ0v) is 18.8. The molecule has 2 aromatic carbocycles. The third-order valence-corrected chi connectivity index (χ3v) is 6.12. The summed E-state index contributed by atoms with van der Waals surface area (Å²) in [7, 11) is 1.69. The lowest BCUT2D eigenvalue weighted by atomic mass is 9.92. The maximum Gasteiger partial charge on any atom is 0.272 e. The maximum atomic E-state index is 15.9. The number of aryl methyl sites for hydroxylation is 3. The highest BCUT2D eigenvalue weighted by Gasteiger charge is 2.25. The van der Waals surface area contributed by atoms with Crippen LogP contribution in [0.3, 0.4) is 0 Å². The van der Waals surface area contributed by atoms with Crippen LogP contribution in [0.2, 0.25) is 0 Å². The number of nitrogens with one attached hydrogen (secondary N) is 1. The molecule has 8 nitrogen and oxygen atoms in total. The van der Waals surface area contributed by atoms with Gasteiger partial charge in [-0.1, -0.05) is 6.07 Å². The van der Waals surface area contributed by atoms with Gasteiger partial charge in [-0.05, 0) is 48.7 Å². The van der Waals surface area contributed by atoms with E-state index in [4.69, 9.17) is 5.73 Å². The molecule has 0 aliphatic rings. The van der Waals surface area contributed by atoms with Crippen LogP contribution in [0.5, 0.6) is 0 Å². The van der Waals surface area contributed by atoms with E-state index in [0.717, 1.165) is 5.56 Å². The standard InChI is InChI=1S/C25H20FN7O/c1-12-6-16-13(2)22(26)21(18(8-27)23(16)29-10-12)24-19(11-30-33(24)3)14-4-5-15-17(7-14)20(9-28)31-32-25(15)34/h4-7,10-11H,9,28H2,1-3H3,(H,32,34). The molecule has 168 valence electrons. The molecule has 0 unspecified atom stereocenters. The molecule has 3 heterocycles. The summed E-state index contributed by atoms with van der Waals surface area (Å²) in [6.45, 7) is 3.69. The van der Waals surface area contributed by atoms with E-state index in [1.54, 1.807) is 44.6 Å². The maximum absolute atomic E-state index is 15.9. The zero-order chi connectivity index (χ0) is 24.1. The van der Waals surface area contributed by atoms with Crippen LogP contribution in [0.25, 0.3) is 44.1 Å². The molecule has 0 spiro atoms. The van der Waals surface area contributed by atoms with Gasteiger partial charge in [0.05, 0.1) is 39.6 Å². The number of fused-ring (bicyclic) bond motifs is 2. The zero-order valence-electron chi connectivity index (χ0n) is 18.8. The van der Waals surface area contributed by atoms with E-state index in [2.05, 4.69) is 26.3 Å². The van der Waals surface area contributed by atoms with Crippen LogP contribution < -0.4 is 11.3 Å². The van der Waals surface area contributed by atoms with Crippen molar-refractivity contribution in [2.45, 2.75) is 20.4 Å². The van der Waals surface area contributed by atoms with E-state index in [0.29, 0.717) is 49.8 Å². The van der Waals surface area contributed by atoms with E-state index in [-0.39, 0.29) is 23.2 Å². The lowest BCUT2D eigenvalue weighted by Gasteiger charge is -2.15. The number of halogens is 1. The second-order valence-electron chi connectivity index (χ2n) is 8.20. The third-order valence-electron chi connectivity index (χ3n) is 6.12. The Morgan fingerprint density at radius 3 is 2.71 bits per heavy atom. The smallest absolute Gasteiger partial charge is 0.272 e. The molecule has 0 saturated carbocycles. The topological polar surface area (TPSA) is 126 Å². The van der Waals surface area contributed by atoms with Gasteiger partial charge in [0, 0.05) is 36.1 Å². The lowest BCUT2D eigenvalue weighted by molar-refractivity contribution is 0.621. The molecule has 0 saturated heterocycles. The normalized spacial score (nSPS) is 11.3. The fraction of sp³-hybridized carbons (Fsp3) is 0.160. The van der Waals surface area contributed by atoms with Gasteiger partial charge in [-0.15, -0.1) is 0 Å². The number of aromatic amines is 1. The number of nitrogens with zero attached hydrogens (tertiary/aromatic N) is 5. The van der Waals surface area contributed by atoms with Crippen molar-refractivity contribution in [3.8, 4) is 28.5 Å². The number of nitrogens with two attached hydrogens (primary N) is 1. The Bertz CT molecular complexity index is 1730. The molecule has 0 bridgehead atoms. The average Bonchev–Trinajstić information content (AvgIpc) is 3.22. The Labute approximate surface area is 193 Å². The van der Waals surface area contributed by atoms with Crippen molar-refractivity contribution in [3.05, 3.63) is 75.2 Å². The van der Waals surface area contributed by atoms with Gasteiger partial charge >= 0.3 is 0 Å². The van der Waals surface area contributed by atoms with E-state index in [1.807, 2.05) is 13.0 Å². The number of benzene rings is 2. The van der Waals surface area contributed by atoms with Crippen molar-refractivity contribution in [1.29, 1.82) is 5.26 Å². The highest BCUT2D eigenvalue weighted by atomic mass is 19.1. The molecule has 5 rings (SSSR count). The molecule has 9 heteroatoms. The molecule has 0 amide bonds. The number of hydrogen-bond donors (Lipinski definition) is 2. The number of nitriles is 1. The number of hydrogen-bond acceptors (Lipinski definition) is 6. The molecular formula is C25H20FN7O. The SMILES string of the molecule is Cc1cnc2c(C#N)c(-c3c(-c4ccc5c(=O)[nH]nc(CN)c5c4)cnn3C)c(F)c(C)c2c1. The Kier molecular flexibility index (Phi) is 4.96. The minimum Gasteiger partial charge on any atom is -0.325 e. The Morgan fingerprint density at radius 1 is 1.18 bits per heavy atom. The van der Waals surface area contributed by atoms with Gasteiger partial charge in [0.15, 0.2) is 0 Å². The highest BCUT2D eigenvalue weighted by Crippen LogP contribution is 2.40. The van der Waals surface area contributed by atoms with Gasteiger partial charge in [-0.2, -0.15) is 15.5 Å². The van der Waals surface area contributed by atoms with Gasteiger partial charge in [0.25, 0.3) is 5.56 Å². The summed E-state index contributed by atoms with van der Waals surface area (Å²) < 4.78 is 17.4. The third kappa shape index (κ3) is 3.08. The first-order chi connectivity index (χ1) is 16.3. The van der Waals surface area contributed by atoms with Gasteiger partial charge in [-0.3, -0.25) is 14.5 Å². The first kappa shape index (κ1) is 21.4. The predicted octanol–water partition coefficient (Wildman–Crippen LogP) is 3.63. The van der Waals surface area contributed by atoms with E-state index in [9.17, 15) is 10.1 Å². The minimum atomic E-state index is -0.497. The molecule has 34 heavy (non-hydrogen) atoms. The van der Waals surface area contributed by atoms with Crippen LogP contribution in [-0.4, -0.2) is 25.0 Å². The minimum absolute atomic E-state index is 0.138. The van der Waals surface area contributed by atoms with Crippen molar-refractivity contribution in [1.82, 2.24) is 25.0 Å². The quantitative estimate of drug-likeness (QED) is 0.430. The molecule has 0 aliphatic heterocycles. The van der Waals surface area contributed by atoms with E-state index < -0.39 is 5.82 Å². The molecule has 5 aromatic rings. The molecule has 3 N–H and O–H groups in total. The molecule has 0 atom stereocenters. The average molecular weight is 453 g/mol. The first-order valence-corrected chi connectivity index (χ1v) is 10.6. The van der Waals surface area contributed by atoms with Crippen molar-refractivity contribution in [2.24, 2.45) is 12.8 Å². The van der Waals surface area contributed by atoms with Crippen molar-refractivity contribution >= 4 is 21.7 Å². The van der Waals surface area contributed by atoms with Crippen LogP contribution in [-0.2, 0) is 13.6 Å². The lowest BCUT2D eigenvalue weighted by Crippen LogP contribution is -2.13. The predicted molar refractivity (Wildman–Crippen MR) is 127 cm³/mol. The Balaban J connectivity index is 1.85. The van der Waals surface area contributed by atoms with Crippen LogP contribution >= 0.6 is 0 Å². The van der Waals surface area contributed by atoms with Gasteiger partial charge in [0.2, 0.25) is 0 Å². The molecule has 3 aromatic heterocycles. The van der Waals surface area contributed by atoms with E-state index in [1.165, 1.54) is 4.68 Å². The van der Waals surface area contributed by atoms with Crippen LogP contribution in [0, 0.1) is 31.0 Å². The highest BCUT2D eigenvalue weighted by molar-refractivity contribution is 5.98. The van der Waals surface area contributed by atoms with Crippen LogP contribution in [0.4, 0.5) is 4.39 Å². The summed E-state index contributed by atoms with van der Waals surface area (Å²) >= 11 is 0. The van der Waals surface area contributed by atoms with Crippen LogP contribution in [0.1, 0.15) is 22.4 Å². The number of rotatable bonds is 3. The number of aromatic nitrogens is 5. The van der Waals surface area contributed by atoms with E-state index >= 15 is 4.39 Å². The van der Waals surface area contributed by atoms with Gasteiger partial charge in [0.1, 0.15) is 11.9 Å². The summed E-state index contributed by atoms with van der Waals surface area (Å²) in [4.78, 5) is 16.7. The summed E-state index contributed by atoms with van der Waals surface area (Å²) in [6.07, 6.45) is 3.28. The molecule has 0 aliphatic carbocycles. The summed E-state index contributed by atoms with van der Waals surface area (Å²) in [6, 6.07) is 9.22. The largest absolute Gasteiger partial charge is 0.325 e. The molecule has 0 fully saturated rings. The van der Waals surface area contributed by atoms with Crippen molar-refractivity contribution in [2.75, 3.05) is 0 Å². The number of pyridine rings is 1. The Hall–Kier alpha value is -4.42. The Morgan fingerprint density at radius 2 is 1.97 bits per heavy atom. The second kappa shape index (κ2) is 7.86. The molecular weight excluding hydrogens is 433 g/mol. The fourth-order valence-corrected chi connectivity index (χ4v) is 4.41. The first-order valence-electron chi connectivity index (χ1n) is 10.6. The van der Waals surface area contributed by atoms with Gasteiger partial charge in [-0.25, -0.2) is 9.49 Å².